The van der Waals surface area contributed by atoms with Crippen molar-refractivity contribution in [2.24, 2.45) is 0 Å². The summed E-state index contributed by atoms with van der Waals surface area (Å²) in [4.78, 5) is 0. The summed E-state index contributed by atoms with van der Waals surface area (Å²) in [6.45, 7) is 4.50. The van der Waals surface area contributed by atoms with Gasteiger partial charge in [-0.3, -0.25) is 0 Å². The quantitative estimate of drug-likeness (QED) is 0.544. The first-order valence-electron chi connectivity index (χ1n) is 4.91. The van der Waals surface area contributed by atoms with E-state index in [0.29, 0.717) is 18.8 Å². The molecule has 6 heteroatoms. The molecule has 0 radical (unpaired) electrons. The van der Waals surface area contributed by atoms with Crippen molar-refractivity contribution in [3.05, 3.63) is 0 Å². The highest BCUT2D eigenvalue weighted by Gasteiger charge is 2.19. The van der Waals surface area contributed by atoms with Crippen molar-refractivity contribution in [2.75, 3.05) is 24.4 Å². The highest BCUT2D eigenvalue weighted by Crippen LogP contribution is 2.19. The van der Waals surface area contributed by atoms with Crippen molar-refractivity contribution in [1.82, 2.24) is 4.72 Å². The van der Waals surface area contributed by atoms with Crippen LogP contribution in [0.1, 0.15) is 26.7 Å². The van der Waals surface area contributed by atoms with Crippen molar-refractivity contribution in [3.8, 4) is 0 Å². The van der Waals surface area contributed by atoms with Gasteiger partial charge in [-0.05, 0) is 32.9 Å². The Balaban J connectivity index is 3.94. The van der Waals surface area contributed by atoms with Crippen LogP contribution in [0.5, 0.6) is 0 Å². The molecular weight excluding hydrogens is 254 g/mol. The summed E-state index contributed by atoms with van der Waals surface area (Å²) < 4.78 is 25.6. The molecule has 0 unspecified atom stereocenters. The fraction of sp³-hybridized carbons (Fsp3) is 1.00. The Morgan fingerprint density at radius 3 is 2.40 bits per heavy atom. The van der Waals surface area contributed by atoms with Gasteiger partial charge in [0.2, 0.25) is 10.0 Å². The van der Waals surface area contributed by atoms with E-state index in [0.717, 1.165) is 6.42 Å². The standard InChI is InChI=1S/C9H20ClNO2S2/c1-9(2,14-3)8-11-15(12,13)7-5-4-6-10/h11H,4-8H2,1-3H3. The summed E-state index contributed by atoms with van der Waals surface area (Å²) in [5, 5.41) is 0. The number of rotatable bonds is 8. The highest BCUT2D eigenvalue weighted by atomic mass is 35.5. The van der Waals surface area contributed by atoms with Gasteiger partial charge in [0.25, 0.3) is 0 Å². The van der Waals surface area contributed by atoms with Crippen LogP contribution >= 0.6 is 23.4 Å². The minimum atomic E-state index is -3.12. The lowest BCUT2D eigenvalue weighted by Gasteiger charge is -2.22. The molecule has 0 spiro atoms. The van der Waals surface area contributed by atoms with Gasteiger partial charge < -0.3 is 0 Å². The van der Waals surface area contributed by atoms with E-state index in [2.05, 4.69) is 4.72 Å². The summed E-state index contributed by atoms with van der Waals surface area (Å²) >= 11 is 7.13. The molecule has 0 aromatic carbocycles. The summed E-state index contributed by atoms with van der Waals surface area (Å²) in [6, 6.07) is 0. The van der Waals surface area contributed by atoms with Crippen LogP contribution in [0.15, 0.2) is 0 Å². The van der Waals surface area contributed by atoms with Crippen molar-refractivity contribution in [1.29, 1.82) is 0 Å². The van der Waals surface area contributed by atoms with E-state index in [9.17, 15) is 8.42 Å². The molecule has 0 saturated carbocycles. The maximum atomic E-state index is 11.5. The predicted octanol–water partition coefficient (Wildman–Crippen LogP) is 2.07. The number of halogens is 1. The van der Waals surface area contributed by atoms with Gasteiger partial charge in [-0.1, -0.05) is 0 Å². The molecule has 0 rings (SSSR count). The molecule has 15 heavy (non-hydrogen) atoms. The van der Waals surface area contributed by atoms with E-state index >= 15 is 0 Å². The van der Waals surface area contributed by atoms with Gasteiger partial charge in [-0.25, -0.2) is 13.1 Å². The molecule has 0 aliphatic heterocycles. The van der Waals surface area contributed by atoms with Gasteiger partial charge in [0.05, 0.1) is 5.75 Å². The molecule has 3 nitrogen and oxygen atoms in total. The van der Waals surface area contributed by atoms with Crippen molar-refractivity contribution in [2.45, 2.75) is 31.4 Å². The first kappa shape index (κ1) is 15.6. The van der Waals surface area contributed by atoms with Crippen LogP contribution in [-0.2, 0) is 10.0 Å². The average Bonchev–Trinajstić information content (AvgIpc) is 2.16. The van der Waals surface area contributed by atoms with Crippen LogP contribution in [0.3, 0.4) is 0 Å². The molecule has 0 saturated heterocycles. The van der Waals surface area contributed by atoms with Crippen LogP contribution in [0.25, 0.3) is 0 Å². The molecule has 0 aliphatic carbocycles. The second kappa shape index (κ2) is 6.99. The maximum absolute atomic E-state index is 11.5. The Morgan fingerprint density at radius 2 is 1.93 bits per heavy atom. The third-order valence-corrected chi connectivity index (χ3v) is 4.99. The van der Waals surface area contributed by atoms with Crippen LogP contribution in [0.4, 0.5) is 0 Å². The zero-order valence-corrected chi connectivity index (χ0v) is 11.9. The number of nitrogens with one attached hydrogen (secondary N) is 1. The van der Waals surface area contributed by atoms with Gasteiger partial charge in [-0.15, -0.1) is 11.6 Å². The second-order valence-corrected chi connectivity index (χ2v) is 7.82. The Bertz CT molecular complexity index is 265. The smallest absolute Gasteiger partial charge is 0.211 e. The van der Waals surface area contributed by atoms with Crippen LogP contribution in [0, 0.1) is 0 Å². The fourth-order valence-corrected chi connectivity index (χ4v) is 2.62. The van der Waals surface area contributed by atoms with Gasteiger partial charge in [-0.2, -0.15) is 11.8 Å². The summed E-state index contributed by atoms with van der Waals surface area (Å²) in [7, 11) is -3.12. The molecule has 0 aliphatic rings. The van der Waals surface area contributed by atoms with E-state index in [-0.39, 0.29) is 10.5 Å². The van der Waals surface area contributed by atoms with Crippen LogP contribution in [0.2, 0.25) is 0 Å². The first-order chi connectivity index (χ1) is 6.83. The third-order valence-electron chi connectivity index (χ3n) is 2.07. The molecule has 0 amide bonds. The van der Waals surface area contributed by atoms with Crippen LogP contribution < -0.4 is 4.72 Å². The molecule has 0 bridgehead atoms. The number of alkyl halides is 1. The lowest BCUT2D eigenvalue weighted by atomic mass is 10.2. The van der Waals surface area contributed by atoms with E-state index in [1.165, 1.54) is 0 Å². The molecule has 0 fully saturated rings. The Labute approximate surface area is 102 Å². The second-order valence-electron chi connectivity index (χ2n) is 4.00. The number of hydrogen-bond acceptors (Lipinski definition) is 3. The maximum Gasteiger partial charge on any atom is 0.211 e. The number of unbranched alkanes of at least 4 members (excludes halogenated alkanes) is 1. The first-order valence-corrected chi connectivity index (χ1v) is 8.32. The zero-order chi connectivity index (χ0) is 11.9. The van der Waals surface area contributed by atoms with Crippen molar-refractivity contribution >= 4 is 33.4 Å². The van der Waals surface area contributed by atoms with Gasteiger partial charge in [0.15, 0.2) is 0 Å². The predicted molar refractivity (Wildman–Crippen MR) is 69.3 cm³/mol. The lowest BCUT2D eigenvalue weighted by molar-refractivity contribution is 0.568. The van der Waals surface area contributed by atoms with Gasteiger partial charge in [0, 0.05) is 17.2 Å². The minimum Gasteiger partial charge on any atom is -0.214 e. The van der Waals surface area contributed by atoms with E-state index in [1.807, 2.05) is 20.1 Å². The Hall–Kier alpha value is 0.550. The SMILES string of the molecule is CSC(C)(C)CNS(=O)(=O)CCCCCl. The summed E-state index contributed by atoms with van der Waals surface area (Å²) in [5.41, 5.74) is 0. The van der Waals surface area contributed by atoms with E-state index in [4.69, 9.17) is 11.6 Å². The molecule has 92 valence electrons. The Morgan fingerprint density at radius 1 is 1.33 bits per heavy atom. The largest absolute Gasteiger partial charge is 0.214 e. The molecule has 0 aromatic rings. The van der Waals surface area contributed by atoms with Crippen molar-refractivity contribution < 1.29 is 8.42 Å². The fourth-order valence-electron chi connectivity index (χ4n) is 0.815. The molecule has 0 aromatic heterocycles. The minimum absolute atomic E-state index is 0.0560. The lowest BCUT2D eigenvalue weighted by Crippen LogP contribution is -2.37. The van der Waals surface area contributed by atoms with E-state index < -0.39 is 10.0 Å². The topological polar surface area (TPSA) is 46.2 Å². The molecule has 1 N–H and O–H groups in total. The molecular formula is C9H20ClNO2S2. The monoisotopic (exact) mass is 273 g/mol. The van der Waals surface area contributed by atoms with Gasteiger partial charge >= 0.3 is 0 Å². The van der Waals surface area contributed by atoms with Crippen LogP contribution in [-0.4, -0.2) is 37.6 Å². The zero-order valence-electron chi connectivity index (χ0n) is 9.55. The number of sulfonamides is 1. The molecule has 0 atom stereocenters. The molecule has 0 heterocycles. The summed E-state index contributed by atoms with van der Waals surface area (Å²) in [5.74, 6) is 0.690. The number of hydrogen-bond donors (Lipinski definition) is 1. The third kappa shape index (κ3) is 8.37. The van der Waals surface area contributed by atoms with E-state index in [1.54, 1.807) is 11.8 Å². The van der Waals surface area contributed by atoms with Gasteiger partial charge in [0.1, 0.15) is 0 Å². The Kier molecular flexibility index (Phi) is 7.25. The normalized spacial score (nSPS) is 13.1. The summed E-state index contributed by atoms with van der Waals surface area (Å²) in [6.07, 6.45) is 3.34. The highest BCUT2D eigenvalue weighted by molar-refractivity contribution is 8.00. The van der Waals surface area contributed by atoms with Crippen molar-refractivity contribution in [3.63, 3.8) is 0 Å². The average molecular weight is 274 g/mol. The number of thioether (sulfide) groups is 1.